The van der Waals surface area contributed by atoms with Gasteiger partial charge in [0.15, 0.2) is 9.84 Å². The van der Waals surface area contributed by atoms with E-state index in [9.17, 15) is 13.2 Å². The average Bonchev–Trinajstić information content (AvgIpc) is 3.02. The van der Waals surface area contributed by atoms with Crippen LogP contribution in [0.1, 0.15) is 16.7 Å². The summed E-state index contributed by atoms with van der Waals surface area (Å²) in [6, 6.07) is 12.0. The van der Waals surface area contributed by atoms with Crippen LogP contribution in [0.3, 0.4) is 0 Å². The topological polar surface area (TPSA) is 102 Å². The van der Waals surface area contributed by atoms with Crippen molar-refractivity contribution in [2.45, 2.75) is 25.2 Å². The van der Waals surface area contributed by atoms with Crippen molar-refractivity contribution in [3.63, 3.8) is 0 Å². The lowest BCUT2D eigenvalue weighted by atomic mass is 10.1. The summed E-state index contributed by atoms with van der Waals surface area (Å²) in [6.45, 7) is 3.95. The molecule has 0 aliphatic carbocycles. The molecule has 0 fully saturated rings. The number of carbonyl (C=O) groups excluding carboxylic acids is 1. The fourth-order valence-electron chi connectivity index (χ4n) is 2.64. The van der Waals surface area contributed by atoms with Gasteiger partial charge in [0.2, 0.25) is 11.8 Å². The molecule has 0 aliphatic rings. The molecular formula is C19H19N3O4S. The minimum absolute atomic E-state index is 0.0164. The van der Waals surface area contributed by atoms with Gasteiger partial charge in [-0.3, -0.25) is 10.1 Å². The molecule has 1 heterocycles. The van der Waals surface area contributed by atoms with Crippen LogP contribution in [0.15, 0.2) is 51.8 Å². The summed E-state index contributed by atoms with van der Waals surface area (Å²) >= 11 is 0. The molecule has 140 valence electrons. The van der Waals surface area contributed by atoms with Crippen LogP contribution in [0.4, 0.5) is 6.01 Å². The van der Waals surface area contributed by atoms with Crippen molar-refractivity contribution in [3.8, 4) is 11.5 Å². The summed E-state index contributed by atoms with van der Waals surface area (Å²) in [5.74, 6) is -0.00163. The molecule has 0 bridgehead atoms. The van der Waals surface area contributed by atoms with Crippen molar-refractivity contribution < 1.29 is 17.6 Å². The molecule has 0 atom stereocenters. The average molecular weight is 385 g/mol. The van der Waals surface area contributed by atoms with Crippen LogP contribution in [-0.2, 0) is 21.1 Å². The maximum atomic E-state index is 12.2. The van der Waals surface area contributed by atoms with E-state index in [0.29, 0.717) is 11.5 Å². The van der Waals surface area contributed by atoms with Crippen molar-refractivity contribution in [3.05, 3.63) is 59.2 Å². The highest BCUT2D eigenvalue weighted by Crippen LogP contribution is 2.24. The Morgan fingerprint density at radius 2 is 1.78 bits per heavy atom. The molecule has 27 heavy (non-hydrogen) atoms. The van der Waals surface area contributed by atoms with Gasteiger partial charge in [0.25, 0.3) is 0 Å². The molecule has 0 aliphatic heterocycles. The molecule has 1 aromatic heterocycles. The van der Waals surface area contributed by atoms with E-state index < -0.39 is 9.84 Å². The third-order valence-corrected chi connectivity index (χ3v) is 5.13. The second kappa shape index (κ2) is 7.32. The Kier molecular flexibility index (Phi) is 5.09. The van der Waals surface area contributed by atoms with Crippen molar-refractivity contribution in [2.24, 2.45) is 0 Å². The number of sulfone groups is 1. The number of hydrogen-bond donors (Lipinski definition) is 1. The fraction of sp³-hybridized carbons (Fsp3) is 0.211. The number of hydrogen-bond acceptors (Lipinski definition) is 6. The van der Waals surface area contributed by atoms with Crippen LogP contribution in [0, 0.1) is 13.8 Å². The van der Waals surface area contributed by atoms with E-state index in [2.05, 4.69) is 15.5 Å². The Bertz CT molecular complexity index is 1090. The SMILES string of the molecule is Cc1ccc(-c2nnc(NC(=O)Cc3ccc(S(C)(=O)=O)cc3)o2)c(C)c1. The van der Waals surface area contributed by atoms with E-state index in [-0.39, 0.29) is 23.2 Å². The van der Waals surface area contributed by atoms with Crippen LogP contribution in [0.5, 0.6) is 0 Å². The van der Waals surface area contributed by atoms with E-state index in [0.717, 1.165) is 22.9 Å². The Morgan fingerprint density at radius 3 is 2.41 bits per heavy atom. The van der Waals surface area contributed by atoms with Gasteiger partial charge in [0.05, 0.1) is 11.3 Å². The minimum atomic E-state index is -3.26. The summed E-state index contributed by atoms with van der Waals surface area (Å²) in [5.41, 5.74) is 3.62. The Balaban J connectivity index is 1.67. The molecule has 0 spiro atoms. The standard InChI is InChI=1S/C19H19N3O4S/c1-12-4-9-16(13(2)10-12)18-21-22-19(26-18)20-17(23)11-14-5-7-15(8-6-14)27(3,24)25/h4-10H,11H2,1-3H3,(H,20,22,23). The van der Waals surface area contributed by atoms with E-state index in [1.54, 1.807) is 12.1 Å². The summed E-state index contributed by atoms with van der Waals surface area (Å²) in [6.07, 6.45) is 1.20. The molecule has 0 unspecified atom stereocenters. The molecule has 0 radical (unpaired) electrons. The van der Waals surface area contributed by atoms with Crippen LogP contribution in [-0.4, -0.2) is 30.8 Å². The van der Waals surface area contributed by atoms with Crippen LogP contribution in [0.2, 0.25) is 0 Å². The first-order chi connectivity index (χ1) is 12.7. The third kappa shape index (κ3) is 4.59. The van der Waals surface area contributed by atoms with E-state index in [4.69, 9.17) is 4.42 Å². The van der Waals surface area contributed by atoms with Gasteiger partial charge in [0.1, 0.15) is 0 Å². The van der Waals surface area contributed by atoms with Gasteiger partial charge in [-0.1, -0.05) is 34.9 Å². The molecule has 3 rings (SSSR count). The lowest BCUT2D eigenvalue weighted by Gasteiger charge is -2.03. The second-order valence-corrected chi connectivity index (χ2v) is 8.39. The van der Waals surface area contributed by atoms with E-state index in [1.807, 2.05) is 32.0 Å². The summed E-state index contributed by atoms with van der Waals surface area (Å²) in [7, 11) is -3.26. The first-order valence-corrected chi connectivity index (χ1v) is 10.1. The number of aromatic nitrogens is 2. The predicted octanol–water partition coefficient (Wildman–Crippen LogP) is 2.94. The lowest BCUT2D eigenvalue weighted by molar-refractivity contribution is -0.115. The molecular weight excluding hydrogens is 366 g/mol. The van der Waals surface area contributed by atoms with Crippen LogP contribution < -0.4 is 5.32 Å². The highest BCUT2D eigenvalue weighted by atomic mass is 32.2. The van der Waals surface area contributed by atoms with E-state index >= 15 is 0 Å². The Morgan fingerprint density at radius 1 is 1.07 bits per heavy atom. The van der Waals surface area contributed by atoms with Gasteiger partial charge < -0.3 is 4.42 Å². The molecule has 0 saturated carbocycles. The summed E-state index contributed by atoms with van der Waals surface area (Å²) in [4.78, 5) is 12.4. The molecule has 8 heteroatoms. The smallest absolute Gasteiger partial charge is 0.322 e. The number of nitrogens with one attached hydrogen (secondary N) is 1. The van der Waals surface area contributed by atoms with Crippen molar-refractivity contribution in [2.75, 3.05) is 11.6 Å². The first kappa shape index (κ1) is 18.8. The van der Waals surface area contributed by atoms with Gasteiger partial charge in [-0.2, -0.15) is 0 Å². The molecule has 0 saturated heterocycles. The number of nitrogens with zero attached hydrogens (tertiary/aromatic N) is 2. The maximum Gasteiger partial charge on any atom is 0.322 e. The number of carbonyl (C=O) groups is 1. The van der Waals surface area contributed by atoms with Gasteiger partial charge in [-0.25, -0.2) is 8.42 Å². The van der Waals surface area contributed by atoms with Crippen LogP contribution in [0.25, 0.3) is 11.5 Å². The third-order valence-electron chi connectivity index (χ3n) is 4.00. The van der Waals surface area contributed by atoms with E-state index in [1.165, 1.54) is 12.1 Å². The predicted molar refractivity (Wildman–Crippen MR) is 101 cm³/mol. The molecule has 2 aromatic carbocycles. The second-order valence-electron chi connectivity index (χ2n) is 6.37. The molecule has 3 aromatic rings. The first-order valence-electron chi connectivity index (χ1n) is 8.22. The zero-order valence-electron chi connectivity index (χ0n) is 15.2. The number of amides is 1. The van der Waals surface area contributed by atoms with Crippen molar-refractivity contribution in [1.82, 2.24) is 10.2 Å². The van der Waals surface area contributed by atoms with Gasteiger partial charge in [-0.05, 0) is 43.2 Å². The van der Waals surface area contributed by atoms with Gasteiger partial charge in [0, 0.05) is 11.8 Å². The largest absolute Gasteiger partial charge is 0.403 e. The number of benzene rings is 2. The molecule has 7 nitrogen and oxygen atoms in total. The highest BCUT2D eigenvalue weighted by molar-refractivity contribution is 7.90. The quantitative estimate of drug-likeness (QED) is 0.724. The lowest BCUT2D eigenvalue weighted by Crippen LogP contribution is -2.14. The zero-order valence-corrected chi connectivity index (χ0v) is 16.0. The number of rotatable bonds is 5. The Labute approximate surface area is 157 Å². The minimum Gasteiger partial charge on any atom is -0.403 e. The Hall–Kier alpha value is -3.00. The highest BCUT2D eigenvalue weighted by Gasteiger charge is 2.14. The fourth-order valence-corrected chi connectivity index (χ4v) is 3.27. The number of aryl methyl sites for hydroxylation is 2. The maximum absolute atomic E-state index is 12.2. The zero-order chi connectivity index (χ0) is 19.6. The van der Waals surface area contributed by atoms with Gasteiger partial charge >= 0.3 is 6.01 Å². The van der Waals surface area contributed by atoms with Crippen molar-refractivity contribution >= 4 is 21.8 Å². The normalized spacial score (nSPS) is 11.4. The van der Waals surface area contributed by atoms with Gasteiger partial charge in [-0.15, -0.1) is 5.10 Å². The molecule has 1 N–H and O–H groups in total. The van der Waals surface area contributed by atoms with Crippen molar-refractivity contribution in [1.29, 1.82) is 0 Å². The van der Waals surface area contributed by atoms with Crippen LogP contribution >= 0.6 is 0 Å². The monoisotopic (exact) mass is 385 g/mol. The summed E-state index contributed by atoms with van der Waals surface area (Å²) < 4.78 is 28.5. The molecule has 1 amide bonds. The number of anilines is 1. The summed E-state index contributed by atoms with van der Waals surface area (Å²) in [5, 5.41) is 10.4.